The second kappa shape index (κ2) is 47.3. The number of hydrogen-bond donors (Lipinski definition) is 18. The molecule has 0 spiro atoms. The van der Waals surface area contributed by atoms with Crippen LogP contribution in [0.25, 0.3) is 10.9 Å². The Morgan fingerprint density at radius 3 is 1.65 bits per heavy atom. The lowest BCUT2D eigenvalue weighted by Crippen LogP contribution is -2.61. The van der Waals surface area contributed by atoms with Crippen molar-refractivity contribution in [2.75, 3.05) is 111 Å². The number of carboxylic acids is 4. The lowest BCUT2D eigenvalue weighted by Gasteiger charge is -2.34. The molecule has 115 heavy (non-hydrogen) atoms. The molecule has 0 bridgehead atoms. The van der Waals surface area contributed by atoms with Crippen LogP contribution in [0.1, 0.15) is 94.4 Å². The van der Waals surface area contributed by atoms with Gasteiger partial charge in [0.05, 0.1) is 45.5 Å². The van der Waals surface area contributed by atoms with Crippen molar-refractivity contribution < 1.29 is 101 Å². The highest BCUT2D eigenvalue weighted by atomic mass is 19.4. The normalized spacial score (nSPS) is 21.0. The number of likely N-dealkylation sites (tertiary alicyclic amines) is 1. The summed E-state index contributed by atoms with van der Waals surface area (Å²) in [6.07, 6.45) is 0.592. The third-order valence-corrected chi connectivity index (χ3v) is 19.2. The van der Waals surface area contributed by atoms with Gasteiger partial charge in [0.25, 0.3) is 0 Å². The van der Waals surface area contributed by atoms with Crippen molar-refractivity contribution in [1.29, 1.82) is 0 Å². The Morgan fingerprint density at radius 1 is 0.591 bits per heavy atom. The minimum atomic E-state index is -5.08. The fraction of sp³-hybridized carbons (Fsp3) is 0.562. The number of primary amides is 1. The van der Waals surface area contributed by atoms with Crippen LogP contribution in [0.3, 0.4) is 0 Å². The third kappa shape index (κ3) is 34.1. The minimum absolute atomic E-state index is 0.0139. The van der Waals surface area contributed by atoms with Gasteiger partial charge in [0.2, 0.25) is 59.1 Å². The smallest absolute Gasteiger partial charge is 0.480 e. The second-order valence-corrected chi connectivity index (χ2v) is 28.3. The molecular weight excluding hydrogens is 1520 g/mol. The van der Waals surface area contributed by atoms with E-state index in [0.717, 1.165) is 10.9 Å². The predicted octanol–water partition coefficient (Wildman–Crippen LogP) is -3.58. The lowest BCUT2D eigenvalue weighted by molar-refractivity contribution is -0.192. The number of carboxylic acid groups (broad SMARTS) is 4. The number of aliphatic imine (C=N–C) groups is 1. The Morgan fingerprint density at radius 2 is 1.10 bits per heavy atom. The number of rotatable bonds is 28. The van der Waals surface area contributed by atoms with Crippen molar-refractivity contribution in [3.63, 3.8) is 0 Å². The SMILES string of the molecule is CCCC[C@H](NC(=O)CN1CCC(NC(=O)CN2CCN(CC(=O)O)CCN(CC(=O)O)CCN(CC(=O)O)CC2)CC1)C(=O)N[C@H]1CC(=O)NCCCC[C@@H](C(N)=O)NC(=O)[C@H](Cc2c[nH]c3ccccc23)NC(=O)[C@H](CCCN=C(N)N)NC(=O)C(Cc2ccccc2)NC(=O)[C@H](Cc2cnc[nH]2)NC1=O.O=C(O)C(F)(F)F. The Balaban J connectivity index is 0.00000280. The Bertz CT molecular complexity index is 3910. The van der Waals surface area contributed by atoms with Gasteiger partial charge in [-0.3, -0.25) is 91.8 Å². The molecule has 0 saturated carbocycles. The van der Waals surface area contributed by atoms with Gasteiger partial charge in [-0.1, -0.05) is 68.3 Å². The first-order valence-electron chi connectivity index (χ1n) is 37.9. The first kappa shape index (κ1) is 92.5. The number of imidazole rings is 1. The Kier molecular flexibility index (Phi) is 38.1. The zero-order valence-corrected chi connectivity index (χ0v) is 64.0. The van der Waals surface area contributed by atoms with E-state index in [-0.39, 0.29) is 174 Å². The summed E-state index contributed by atoms with van der Waals surface area (Å²) >= 11 is 0. The summed E-state index contributed by atoms with van der Waals surface area (Å²) in [6.45, 7) is 3.22. The summed E-state index contributed by atoms with van der Waals surface area (Å²) in [5, 5.41) is 61.8. The molecule has 5 heterocycles. The molecule has 42 heteroatoms. The fourth-order valence-electron chi connectivity index (χ4n) is 13.1. The van der Waals surface area contributed by atoms with Crippen molar-refractivity contribution in [2.45, 2.75) is 151 Å². The van der Waals surface area contributed by atoms with Gasteiger partial charge in [0.1, 0.15) is 42.3 Å². The van der Waals surface area contributed by atoms with Crippen LogP contribution < -0.4 is 65.1 Å². The molecule has 632 valence electrons. The number of aliphatic carboxylic acids is 4. The third-order valence-electron chi connectivity index (χ3n) is 19.2. The van der Waals surface area contributed by atoms with Gasteiger partial charge in [-0.2, -0.15) is 13.2 Å². The molecule has 3 saturated heterocycles. The van der Waals surface area contributed by atoms with Crippen LogP contribution in [-0.2, 0) is 86.4 Å². The van der Waals surface area contributed by atoms with Crippen molar-refractivity contribution in [3.8, 4) is 0 Å². The van der Waals surface area contributed by atoms with Crippen molar-refractivity contribution in [1.82, 2.24) is 87.3 Å². The van der Waals surface area contributed by atoms with Gasteiger partial charge in [0, 0.05) is 133 Å². The number of hydrogen-bond acceptors (Lipinski definition) is 21. The molecule has 3 aliphatic heterocycles. The number of benzene rings is 2. The number of nitrogens with one attached hydrogen (secondary N) is 11. The number of alkyl halides is 3. The summed E-state index contributed by atoms with van der Waals surface area (Å²) in [4.78, 5) is 211. The maximum atomic E-state index is 15.0. The van der Waals surface area contributed by atoms with E-state index in [1.54, 1.807) is 57.3 Å². The first-order valence-corrected chi connectivity index (χ1v) is 37.9. The van der Waals surface area contributed by atoms with Gasteiger partial charge in [-0.25, -0.2) is 9.78 Å². The largest absolute Gasteiger partial charge is 0.490 e. The van der Waals surface area contributed by atoms with E-state index in [1.807, 2.05) is 34.9 Å². The number of amides is 10. The molecule has 21 N–H and O–H groups in total. The average molecular weight is 1620 g/mol. The van der Waals surface area contributed by atoms with Crippen LogP contribution in [0.15, 0.2) is 78.3 Å². The Hall–Kier alpha value is -11.4. The molecule has 7 rings (SSSR count). The van der Waals surface area contributed by atoms with E-state index in [0.29, 0.717) is 55.6 Å². The summed E-state index contributed by atoms with van der Waals surface area (Å²) < 4.78 is 31.7. The maximum Gasteiger partial charge on any atom is 0.490 e. The van der Waals surface area contributed by atoms with E-state index in [1.165, 1.54) is 12.5 Å². The number of fused-ring (bicyclic) bond motifs is 1. The molecule has 3 aliphatic rings. The topological polar surface area (TPSA) is 579 Å². The summed E-state index contributed by atoms with van der Waals surface area (Å²) in [5.74, 6) is -13.9. The number of aromatic amines is 2. The van der Waals surface area contributed by atoms with E-state index in [4.69, 9.17) is 27.1 Å². The number of halogens is 3. The highest BCUT2D eigenvalue weighted by Crippen LogP contribution is 2.21. The van der Waals surface area contributed by atoms with Gasteiger partial charge in [0.15, 0.2) is 5.96 Å². The molecule has 0 radical (unpaired) electrons. The monoisotopic (exact) mass is 1620 g/mol. The minimum Gasteiger partial charge on any atom is -0.480 e. The van der Waals surface area contributed by atoms with Gasteiger partial charge in [-0.15, -0.1) is 0 Å². The van der Waals surface area contributed by atoms with Crippen molar-refractivity contribution >= 4 is 99.8 Å². The number of H-pyrrole nitrogens is 2. The summed E-state index contributed by atoms with van der Waals surface area (Å²) in [7, 11) is 0. The number of carbonyl (C=O) groups excluding carboxylic acids is 10. The molecule has 4 aromatic rings. The molecule has 10 amide bonds. The van der Waals surface area contributed by atoms with Crippen LogP contribution in [-0.4, -0.2) is 315 Å². The van der Waals surface area contributed by atoms with Crippen molar-refractivity contribution in [2.24, 2.45) is 22.2 Å². The van der Waals surface area contributed by atoms with Crippen LogP contribution in [0.5, 0.6) is 0 Å². The van der Waals surface area contributed by atoms with Crippen LogP contribution >= 0.6 is 0 Å². The zero-order chi connectivity index (χ0) is 84.2. The van der Waals surface area contributed by atoms with E-state index in [2.05, 4.69) is 67.8 Å². The van der Waals surface area contributed by atoms with Crippen LogP contribution in [0.2, 0.25) is 0 Å². The number of nitrogens with two attached hydrogens (primary N) is 3. The molecule has 2 aromatic carbocycles. The standard InChI is InChI=1S/C71H105N21O16.C2HF3O2/c1-2-3-15-52(81-60(95)40-88-23-19-47(20-24-88)80-59(94)39-89-25-27-90(41-61(96)97)29-31-92(43-63(100)101)32-30-91(28-26-89)42-62(98)99)65(103)87-57-36-58(93)76-21-10-9-17-51(64(72)102)82-68(106)55(34-46-37-78-50-16-8-7-14-49(46)50)85-66(104)53(18-11-22-77-71(73)74)83-67(105)54(33-45-12-5-4-6-13-45)84-69(107)56(86-70(57)108)35-48-38-75-44-79-48;3-2(4,5)1(6)7/h4-8,12-14,16,37-38,44,47,51-57,78H,2-3,9-11,15,17-36,39-43H2,1H3,(H2,72,102)(H,75,79)(H,76,93)(H,80,94)(H,81,95)(H,82,106)(H,83,105)(H,84,107)(H,85,104)(H,86,108)(H,87,103)(H,96,97)(H,98,99)(H,100,101)(H4,73,74,77);(H,6,7)/t51-,52-,53-,54?,55-,56-,57-;/m0./s1. The summed E-state index contributed by atoms with van der Waals surface area (Å²) in [5.41, 5.74) is 19.5. The summed E-state index contributed by atoms with van der Waals surface area (Å²) in [6, 6.07) is 5.58. The molecule has 2 aromatic heterocycles. The molecule has 39 nitrogen and oxygen atoms in total. The number of guanidine groups is 1. The number of carbonyl (C=O) groups is 14. The zero-order valence-electron chi connectivity index (χ0n) is 64.0. The number of aromatic nitrogens is 3. The van der Waals surface area contributed by atoms with Crippen LogP contribution in [0, 0.1) is 0 Å². The fourth-order valence-corrected chi connectivity index (χ4v) is 13.1. The van der Waals surface area contributed by atoms with E-state index >= 15 is 4.79 Å². The second-order valence-electron chi connectivity index (χ2n) is 28.3. The highest BCUT2D eigenvalue weighted by Gasteiger charge is 2.39. The molecule has 1 unspecified atom stereocenters. The maximum absolute atomic E-state index is 15.0. The predicted molar refractivity (Wildman–Crippen MR) is 408 cm³/mol. The number of unbranched alkanes of at least 4 members (excludes halogenated alkanes) is 1. The molecule has 0 aliphatic carbocycles. The number of piperidine rings is 1. The van der Waals surface area contributed by atoms with Gasteiger partial charge >= 0.3 is 30.1 Å². The van der Waals surface area contributed by atoms with E-state index in [9.17, 15) is 86.0 Å². The Labute approximate surface area is 660 Å². The number of para-hydroxylation sites is 1. The number of nitrogens with zero attached hydrogens (tertiary/aromatic N) is 7. The molecular formula is C73H106F3N21O18. The van der Waals surface area contributed by atoms with E-state index < -0.39 is 132 Å². The first-order chi connectivity index (χ1) is 54.7. The van der Waals surface area contributed by atoms with Crippen LogP contribution in [0.4, 0.5) is 13.2 Å². The quantitative estimate of drug-likeness (QED) is 0.0149. The van der Waals surface area contributed by atoms with Crippen molar-refractivity contribution in [3.05, 3.63) is 90.1 Å². The average Bonchev–Trinajstić information content (AvgIpc) is 1.79. The van der Waals surface area contributed by atoms with Gasteiger partial charge < -0.3 is 95.4 Å². The lowest BCUT2D eigenvalue weighted by atomic mass is 10.0. The highest BCUT2D eigenvalue weighted by molar-refractivity contribution is 5.99. The molecule has 3 fully saturated rings. The molecule has 7 atom stereocenters. The van der Waals surface area contributed by atoms with Gasteiger partial charge in [-0.05, 0) is 68.6 Å².